The van der Waals surface area contributed by atoms with Crippen LogP contribution in [0.3, 0.4) is 0 Å². The first kappa shape index (κ1) is 20.6. The number of halogens is 1. The van der Waals surface area contributed by atoms with Crippen molar-refractivity contribution in [2.75, 3.05) is 26.2 Å². The average molecular weight is 425 g/mol. The van der Waals surface area contributed by atoms with Crippen molar-refractivity contribution in [1.82, 2.24) is 19.6 Å². The fourth-order valence-electron chi connectivity index (χ4n) is 4.07. The number of fused-ring (bicyclic) bond motifs is 1. The number of nitrogens with zero attached hydrogens (tertiary/aromatic N) is 4. The van der Waals surface area contributed by atoms with E-state index in [1.807, 2.05) is 41.3 Å². The van der Waals surface area contributed by atoms with E-state index in [1.54, 1.807) is 10.7 Å². The van der Waals surface area contributed by atoms with Gasteiger partial charge in [-0.05, 0) is 30.7 Å². The highest BCUT2D eigenvalue weighted by molar-refractivity contribution is 6.31. The lowest BCUT2D eigenvalue weighted by molar-refractivity contribution is -0.133. The number of aromatic nitrogens is 2. The number of para-hydroxylation sites is 1. The third-order valence-electron chi connectivity index (χ3n) is 5.87. The predicted octanol–water partition coefficient (Wildman–Crippen LogP) is 3.35. The van der Waals surface area contributed by atoms with E-state index in [0.29, 0.717) is 31.4 Å². The van der Waals surface area contributed by atoms with Crippen LogP contribution in [-0.4, -0.2) is 51.7 Å². The van der Waals surface area contributed by atoms with Crippen LogP contribution >= 0.6 is 11.6 Å². The van der Waals surface area contributed by atoms with Crippen molar-refractivity contribution in [2.45, 2.75) is 25.9 Å². The van der Waals surface area contributed by atoms with E-state index in [4.69, 9.17) is 11.6 Å². The standard InChI is InChI=1S/C23H25ClN4O2/c1-17(18-6-2-4-8-20(18)24)26-12-14-27(15-13-26)23(30)10-11-28-21-9-5-3-7-19(21)22(29)16-25-28/h2-9,16-17H,10-15H2,1H3. The maximum atomic E-state index is 12.8. The van der Waals surface area contributed by atoms with Gasteiger partial charge in [0.15, 0.2) is 0 Å². The zero-order valence-corrected chi connectivity index (χ0v) is 17.8. The van der Waals surface area contributed by atoms with Crippen molar-refractivity contribution in [3.05, 3.63) is 75.5 Å². The smallest absolute Gasteiger partial charge is 0.224 e. The first-order valence-electron chi connectivity index (χ1n) is 10.3. The molecule has 2 heterocycles. The minimum atomic E-state index is -0.100. The number of piperazine rings is 1. The summed E-state index contributed by atoms with van der Waals surface area (Å²) in [5.74, 6) is 0.115. The number of rotatable bonds is 5. The Bertz CT molecular complexity index is 1110. The summed E-state index contributed by atoms with van der Waals surface area (Å²) in [5.41, 5.74) is 1.78. The summed E-state index contributed by atoms with van der Waals surface area (Å²) in [5, 5.41) is 5.62. The molecule has 1 saturated heterocycles. The van der Waals surface area contributed by atoms with E-state index in [1.165, 1.54) is 6.20 Å². The van der Waals surface area contributed by atoms with E-state index in [-0.39, 0.29) is 17.4 Å². The van der Waals surface area contributed by atoms with Gasteiger partial charge < -0.3 is 4.90 Å². The van der Waals surface area contributed by atoms with Gasteiger partial charge in [0.1, 0.15) is 0 Å². The van der Waals surface area contributed by atoms with E-state index in [0.717, 1.165) is 29.2 Å². The Balaban J connectivity index is 1.35. The van der Waals surface area contributed by atoms with E-state index >= 15 is 0 Å². The minimum absolute atomic E-state index is 0.100. The van der Waals surface area contributed by atoms with E-state index in [2.05, 4.69) is 23.0 Å². The molecular weight excluding hydrogens is 400 g/mol. The maximum Gasteiger partial charge on any atom is 0.224 e. The van der Waals surface area contributed by atoms with Gasteiger partial charge >= 0.3 is 0 Å². The molecule has 1 atom stereocenters. The molecule has 156 valence electrons. The average Bonchev–Trinajstić information content (AvgIpc) is 2.78. The highest BCUT2D eigenvalue weighted by Gasteiger charge is 2.25. The summed E-state index contributed by atoms with van der Waals surface area (Å²) in [6.07, 6.45) is 1.68. The molecule has 3 aromatic rings. The number of benzene rings is 2. The van der Waals surface area contributed by atoms with Crippen molar-refractivity contribution < 1.29 is 4.79 Å². The quantitative estimate of drug-likeness (QED) is 0.630. The van der Waals surface area contributed by atoms with Crippen LogP contribution in [0.2, 0.25) is 5.02 Å². The molecule has 0 aliphatic carbocycles. The van der Waals surface area contributed by atoms with Crippen LogP contribution in [0.25, 0.3) is 10.9 Å². The van der Waals surface area contributed by atoms with Crippen molar-refractivity contribution in [3.63, 3.8) is 0 Å². The van der Waals surface area contributed by atoms with Crippen LogP contribution in [0.1, 0.15) is 24.9 Å². The molecule has 0 saturated carbocycles. The Morgan fingerprint density at radius 2 is 1.77 bits per heavy atom. The minimum Gasteiger partial charge on any atom is -0.340 e. The van der Waals surface area contributed by atoms with E-state index in [9.17, 15) is 9.59 Å². The Kier molecular flexibility index (Phi) is 6.16. The Morgan fingerprint density at radius 3 is 2.53 bits per heavy atom. The Morgan fingerprint density at radius 1 is 1.07 bits per heavy atom. The topological polar surface area (TPSA) is 58.4 Å². The van der Waals surface area contributed by atoms with Gasteiger partial charge in [-0.2, -0.15) is 5.10 Å². The summed E-state index contributed by atoms with van der Waals surface area (Å²) in [7, 11) is 0. The first-order chi connectivity index (χ1) is 14.5. The van der Waals surface area contributed by atoms with Crippen LogP contribution in [0.5, 0.6) is 0 Å². The highest BCUT2D eigenvalue weighted by Crippen LogP contribution is 2.27. The second kappa shape index (κ2) is 8.98. The van der Waals surface area contributed by atoms with Crippen molar-refractivity contribution in [2.24, 2.45) is 0 Å². The van der Waals surface area contributed by atoms with Gasteiger partial charge in [-0.1, -0.05) is 41.9 Å². The van der Waals surface area contributed by atoms with Crippen molar-refractivity contribution >= 4 is 28.4 Å². The van der Waals surface area contributed by atoms with Crippen LogP contribution < -0.4 is 5.43 Å². The third kappa shape index (κ3) is 4.25. The molecule has 30 heavy (non-hydrogen) atoms. The van der Waals surface area contributed by atoms with Gasteiger partial charge in [0.2, 0.25) is 11.3 Å². The van der Waals surface area contributed by atoms with Crippen LogP contribution in [-0.2, 0) is 11.3 Å². The van der Waals surface area contributed by atoms with Gasteiger partial charge in [-0.3, -0.25) is 19.2 Å². The lowest BCUT2D eigenvalue weighted by Crippen LogP contribution is -2.49. The second-order valence-corrected chi connectivity index (χ2v) is 8.02. The van der Waals surface area contributed by atoms with Crippen LogP contribution in [0, 0.1) is 0 Å². The SMILES string of the molecule is CC(c1ccccc1Cl)N1CCN(C(=O)CCn2ncc(=O)c3ccccc32)CC1. The Hall–Kier alpha value is -2.70. The summed E-state index contributed by atoms with van der Waals surface area (Å²) in [4.78, 5) is 29.0. The molecule has 1 aromatic heterocycles. The lowest BCUT2D eigenvalue weighted by Gasteiger charge is -2.38. The highest BCUT2D eigenvalue weighted by atomic mass is 35.5. The normalized spacial score (nSPS) is 16.0. The number of amides is 1. The molecule has 0 radical (unpaired) electrons. The summed E-state index contributed by atoms with van der Waals surface area (Å²) in [6.45, 7) is 5.65. The molecule has 4 rings (SSSR count). The fourth-order valence-corrected chi connectivity index (χ4v) is 4.36. The number of hydrogen-bond donors (Lipinski definition) is 0. The van der Waals surface area contributed by atoms with E-state index < -0.39 is 0 Å². The predicted molar refractivity (Wildman–Crippen MR) is 119 cm³/mol. The molecule has 7 heteroatoms. The number of carbonyl (C=O) groups is 1. The summed E-state index contributed by atoms with van der Waals surface area (Å²) >= 11 is 6.35. The molecular formula is C23H25ClN4O2. The lowest BCUT2D eigenvalue weighted by atomic mass is 10.1. The molecule has 6 nitrogen and oxygen atoms in total. The Labute approximate surface area is 180 Å². The molecule has 1 aliphatic heterocycles. The van der Waals surface area contributed by atoms with Gasteiger partial charge in [0.25, 0.3) is 0 Å². The summed E-state index contributed by atoms with van der Waals surface area (Å²) in [6, 6.07) is 15.5. The summed E-state index contributed by atoms with van der Waals surface area (Å²) < 4.78 is 1.74. The van der Waals surface area contributed by atoms with Gasteiger partial charge in [-0.25, -0.2) is 0 Å². The first-order valence-corrected chi connectivity index (χ1v) is 10.6. The molecule has 2 aromatic carbocycles. The third-order valence-corrected chi connectivity index (χ3v) is 6.21. The molecule has 0 N–H and O–H groups in total. The second-order valence-electron chi connectivity index (χ2n) is 7.61. The zero-order valence-electron chi connectivity index (χ0n) is 17.0. The molecule has 1 amide bonds. The van der Waals surface area contributed by atoms with Gasteiger partial charge in [-0.15, -0.1) is 0 Å². The van der Waals surface area contributed by atoms with Gasteiger partial charge in [0.05, 0.1) is 18.3 Å². The number of carbonyl (C=O) groups excluding carboxylic acids is 1. The fraction of sp³-hybridized carbons (Fsp3) is 0.348. The van der Waals surface area contributed by atoms with Gasteiger partial charge in [0, 0.05) is 49.1 Å². The zero-order chi connectivity index (χ0) is 21.1. The largest absolute Gasteiger partial charge is 0.340 e. The molecule has 0 bridgehead atoms. The molecule has 1 aliphatic rings. The monoisotopic (exact) mass is 424 g/mol. The molecule has 1 fully saturated rings. The molecule has 1 unspecified atom stereocenters. The van der Waals surface area contributed by atoms with Crippen molar-refractivity contribution in [1.29, 1.82) is 0 Å². The van der Waals surface area contributed by atoms with Crippen molar-refractivity contribution in [3.8, 4) is 0 Å². The number of aryl methyl sites for hydroxylation is 1. The van der Waals surface area contributed by atoms with Crippen LogP contribution in [0.4, 0.5) is 0 Å². The molecule has 0 spiro atoms. The maximum absolute atomic E-state index is 12.8. The van der Waals surface area contributed by atoms with Crippen LogP contribution in [0.15, 0.2) is 59.5 Å². The number of hydrogen-bond acceptors (Lipinski definition) is 4.